The van der Waals surface area contributed by atoms with Crippen molar-refractivity contribution in [3.63, 3.8) is 0 Å². The van der Waals surface area contributed by atoms with Crippen LogP contribution in [0.25, 0.3) is 0 Å². The minimum atomic E-state index is -4.58. The molecule has 0 saturated carbocycles. The molecule has 2 heterocycles. The zero-order valence-electron chi connectivity index (χ0n) is 12.0. The van der Waals surface area contributed by atoms with E-state index < -0.39 is 17.8 Å². The fourth-order valence-electron chi connectivity index (χ4n) is 2.62. The fraction of sp³-hybridized carbons (Fsp3) is 0.357. The van der Waals surface area contributed by atoms with Crippen molar-refractivity contribution in [3.8, 4) is 6.07 Å². The number of nitrogens with one attached hydrogen (secondary N) is 1. The van der Waals surface area contributed by atoms with Gasteiger partial charge in [0.05, 0.1) is 5.56 Å². The maximum absolute atomic E-state index is 12.7. The molecule has 1 aliphatic rings. The third-order valence-electron chi connectivity index (χ3n) is 3.66. The molecule has 1 aliphatic carbocycles. The molecule has 0 aromatic carbocycles. The molecule has 0 atom stereocenters. The standard InChI is InChI=1S/C14H11F3N4OS/c1-21-11(14(15,16)17)5-9(20-21)12(22)19-13-8(6-18)7-3-2-4-10(7)23-13/h5H,2-4H2,1H3,(H,19,22). The lowest BCUT2D eigenvalue weighted by molar-refractivity contribution is -0.143. The van der Waals surface area contributed by atoms with Crippen LogP contribution in [0.5, 0.6) is 0 Å². The minimum absolute atomic E-state index is 0.336. The highest BCUT2D eigenvalue weighted by atomic mass is 32.1. The number of rotatable bonds is 2. The molecule has 0 unspecified atom stereocenters. The minimum Gasteiger partial charge on any atom is -0.311 e. The van der Waals surface area contributed by atoms with E-state index in [1.807, 2.05) is 0 Å². The van der Waals surface area contributed by atoms with E-state index in [2.05, 4.69) is 16.5 Å². The number of alkyl halides is 3. The van der Waals surface area contributed by atoms with Crippen LogP contribution in [-0.4, -0.2) is 15.7 Å². The van der Waals surface area contributed by atoms with Crippen LogP contribution in [0, 0.1) is 11.3 Å². The number of hydrogen-bond acceptors (Lipinski definition) is 4. The van der Waals surface area contributed by atoms with Gasteiger partial charge in [-0.15, -0.1) is 11.3 Å². The van der Waals surface area contributed by atoms with E-state index >= 15 is 0 Å². The SMILES string of the molecule is Cn1nc(C(=O)Nc2sc3c(c2C#N)CCC3)cc1C(F)(F)F. The molecule has 2 aromatic heterocycles. The number of amides is 1. The molecule has 1 N–H and O–H groups in total. The molecule has 0 bridgehead atoms. The number of thiophene rings is 1. The van der Waals surface area contributed by atoms with E-state index in [0.29, 0.717) is 21.3 Å². The molecule has 2 aromatic rings. The van der Waals surface area contributed by atoms with Crippen LogP contribution >= 0.6 is 11.3 Å². The molecule has 1 amide bonds. The molecule has 0 fully saturated rings. The summed E-state index contributed by atoms with van der Waals surface area (Å²) in [7, 11) is 1.12. The van der Waals surface area contributed by atoms with Crippen LogP contribution in [-0.2, 0) is 26.1 Å². The Bertz CT molecular complexity index is 828. The van der Waals surface area contributed by atoms with Gasteiger partial charge in [0, 0.05) is 18.0 Å². The molecule has 120 valence electrons. The van der Waals surface area contributed by atoms with Crippen molar-refractivity contribution in [2.75, 3.05) is 5.32 Å². The maximum atomic E-state index is 12.7. The quantitative estimate of drug-likeness (QED) is 0.913. The Balaban J connectivity index is 1.88. The zero-order valence-corrected chi connectivity index (χ0v) is 12.8. The summed E-state index contributed by atoms with van der Waals surface area (Å²) in [6.07, 6.45) is -1.97. The van der Waals surface area contributed by atoms with Crippen LogP contribution in [0.2, 0.25) is 0 Å². The first-order chi connectivity index (χ1) is 10.8. The van der Waals surface area contributed by atoms with Gasteiger partial charge in [-0.3, -0.25) is 9.48 Å². The van der Waals surface area contributed by atoms with Crippen molar-refractivity contribution in [2.24, 2.45) is 7.05 Å². The Morgan fingerprint density at radius 3 is 2.83 bits per heavy atom. The van der Waals surface area contributed by atoms with Crippen LogP contribution < -0.4 is 5.32 Å². The number of halogens is 3. The lowest BCUT2D eigenvalue weighted by Crippen LogP contribution is -2.13. The largest absolute Gasteiger partial charge is 0.433 e. The van der Waals surface area contributed by atoms with Crippen molar-refractivity contribution in [1.29, 1.82) is 5.26 Å². The first-order valence-electron chi connectivity index (χ1n) is 6.78. The van der Waals surface area contributed by atoms with Gasteiger partial charge in [0.2, 0.25) is 0 Å². The molecule has 23 heavy (non-hydrogen) atoms. The van der Waals surface area contributed by atoms with Gasteiger partial charge in [0.15, 0.2) is 5.69 Å². The number of aryl methyl sites for hydroxylation is 2. The number of nitrogens with zero attached hydrogens (tertiary/aromatic N) is 3. The van der Waals surface area contributed by atoms with Gasteiger partial charge in [-0.25, -0.2) is 0 Å². The Morgan fingerprint density at radius 1 is 1.48 bits per heavy atom. The Kier molecular flexibility index (Phi) is 3.64. The second-order valence-electron chi connectivity index (χ2n) is 5.16. The summed E-state index contributed by atoms with van der Waals surface area (Å²) in [6.45, 7) is 0. The van der Waals surface area contributed by atoms with Gasteiger partial charge in [0.25, 0.3) is 5.91 Å². The molecular formula is C14H11F3N4OS. The number of nitriles is 1. The average Bonchev–Trinajstić information content (AvgIpc) is 3.11. The van der Waals surface area contributed by atoms with Crippen molar-refractivity contribution in [2.45, 2.75) is 25.4 Å². The van der Waals surface area contributed by atoms with Gasteiger partial charge < -0.3 is 5.32 Å². The van der Waals surface area contributed by atoms with Crippen LogP contribution in [0.4, 0.5) is 18.2 Å². The predicted molar refractivity (Wildman–Crippen MR) is 77.2 cm³/mol. The first-order valence-corrected chi connectivity index (χ1v) is 7.60. The second kappa shape index (κ2) is 5.38. The van der Waals surface area contributed by atoms with E-state index in [0.717, 1.165) is 36.8 Å². The number of fused-ring (bicyclic) bond motifs is 1. The van der Waals surface area contributed by atoms with E-state index in [1.165, 1.54) is 11.3 Å². The summed E-state index contributed by atoms with van der Waals surface area (Å²) in [5.74, 6) is -0.757. The van der Waals surface area contributed by atoms with Gasteiger partial charge >= 0.3 is 6.18 Å². The summed E-state index contributed by atoms with van der Waals surface area (Å²) in [5, 5.41) is 15.7. The lowest BCUT2D eigenvalue weighted by atomic mass is 10.1. The lowest BCUT2D eigenvalue weighted by Gasteiger charge is -2.04. The predicted octanol–water partition coefficient (Wildman–Crippen LogP) is 3.11. The monoisotopic (exact) mass is 340 g/mol. The van der Waals surface area contributed by atoms with Crippen molar-refractivity contribution in [1.82, 2.24) is 9.78 Å². The van der Waals surface area contributed by atoms with Gasteiger partial charge in [0.1, 0.15) is 16.8 Å². The summed E-state index contributed by atoms with van der Waals surface area (Å²) >= 11 is 1.30. The highest BCUT2D eigenvalue weighted by molar-refractivity contribution is 7.16. The maximum Gasteiger partial charge on any atom is 0.433 e. The number of anilines is 1. The smallest absolute Gasteiger partial charge is 0.311 e. The third kappa shape index (κ3) is 2.70. The molecule has 3 rings (SSSR count). The molecular weight excluding hydrogens is 329 g/mol. The number of aromatic nitrogens is 2. The second-order valence-corrected chi connectivity index (χ2v) is 6.27. The molecule has 0 aliphatic heterocycles. The number of carbonyl (C=O) groups is 1. The summed E-state index contributed by atoms with van der Waals surface area (Å²) < 4.78 is 38.9. The Morgan fingerprint density at radius 2 is 2.22 bits per heavy atom. The van der Waals surface area contributed by atoms with Crippen molar-refractivity contribution < 1.29 is 18.0 Å². The fourth-order valence-corrected chi connectivity index (χ4v) is 3.86. The first kappa shape index (κ1) is 15.6. The number of hydrogen-bond donors (Lipinski definition) is 1. The van der Waals surface area contributed by atoms with Gasteiger partial charge in [-0.05, 0) is 24.8 Å². The van der Waals surface area contributed by atoms with E-state index in [9.17, 15) is 23.2 Å². The topological polar surface area (TPSA) is 70.7 Å². The van der Waals surface area contributed by atoms with Crippen molar-refractivity contribution in [3.05, 3.63) is 33.5 Å². The highest BCUT2D eigenvalue weighted by Crippen LogP contribution is 2.38. The van der Waals surface area contributed by atoms with Crippen LogP contribution in [0.3, 0.4) is 0 Å². The van der Waals surface area contributed by atoms with E-state index in [-0.39, 0.29) is 5.69 Å². The van der Waals surface area contributed by atoms with Gasteiger partial charge in [-0.1, -0.05) is 0 Å². The normalized spacial score (nSPS) is 13.7. The zero-order chi connectivity index (χ0) is 16.8. The summed E-state index contributed by atoms with van der Waals surface area (Å²) in [4.78, 5) is 13.2. The Hall–Kier alpha value is -2.34. The average molecular weight is 340 g/mol. The summed E-state index contributed by atoms with van der Waals surface area (Å²) in [6, 6.07) is 2.76. The molecule has 0 saturated heterocycles. The van der Waals surface area contributed by atoms with Crippen LogP contribution in [0.15, 0.2) is 6.07 Å². The molecule has 0 spiro atoms. The molecule has 9 heteroatoms. The van der Waals surface area contributed by atoms with Gasteiger partial charge in [-0.2, -0.15) is 23.5 Å². The van der Waals surface area contributed by atoms with Crippen molar-refractivity contribution >= 4 is 22.2 Å². The van der Waals surface area contributed by atoms with E-state index in [1.54, 1.807) is 0 Å². The third-order valence-corrected chi connectivity index (χ3v) is 4.87. The molecule has 0 radical (unpaired) electrons. The van der Waals surface area contributed by atoms with Crippen LogP contribution in [0.1, 0.15) is 38.6 Å². The number of carbonyl (C=O) groups excluding carboxylic acids is 1. The summed E-state index contributed by atoms with van der Waals surface area (Å²) in [5.41, 5.74) is 0.00160. The molecule has 5 nitrogen and oxygen atoms in total. The van der Waals surface area contributed by atoms with E-state index in [4.69, 9.17) is 0 Å². The Labute approximate surface area is 133 Å². The highest BCUT2D eigenvalue weighted by Gasteiger charge is 2.36.